The van der Waals surface area contributed by atoms with Gasteiger partial charge in [0.05, 0.1) is 13.7 Å². The zero-order valence-corrected chi connectivity index (χ0v) is 16.1. The van der Waals surface area contributed by atoms with Crippen molar-refractivity contribution >= 4 is 29.6 Å². The summed E-state index contributed by atoms with van der Waals surface area (Å²) < 4.78 is 10.4. The van der Waals surface area contributed by atoms with Gasteiger partial charge in [-0.2, -0.15) is 0 Å². The number of nitrogens with one attached hydrogen (secondary N) is 2. The second kappa shape index (κ2) is 8.92. The van der Waals surface area contributed by atoms with Gasteiger partial charge >= 0.3 is 6.03 Å². The Morgan fingerprint density at radius 2 is 1.72 bits per heavy atom. The van der Waals surface area contributed by atoms with Gasteiger partial charge in [0.2, 0.25) is 5.91 Å². The number of ether oxygens (including phenoxy) is 2. The highest BCUT2D eigenvalue weighted by Crippen LogP contribution is 2.18. The molecule has 8 heteroatoms. The average molecular weight is 395 g/mol. The first-order valence-electron chi connectivity index (χ1n) is 9.01. The van der Waals surface area contributed by atoms with Crippen LogP contribution in [0.4, 0.5) is 10.5 Å². The first-order chi connectivity index (χ1) is 14.0. The molecule has 8 nitrogen and oxygen atoms in total. The molecule has 150 valence electrons. The van der Waals surface area contributed by atoms with E-state index in [0.717, 1.165) is 10.5 Å². The molecule has 2 N–H and O–H groups in total. The van der Waals surface area contributed by atoms with Gasteiger partial charge in [0.15, 0.2) is 0 Å². The van der Waals surface area contributed by atoms with E-state index in [4.69, 9.17) is 9.47 Å². The van der Waals surface area contributed by atoms with Crippen LogP contribution in [0.1, 0.15) is 12.5 Å². The third-order valence-corrected chi connectivity index (χ3v) is 4.14. The summed E-state index contributed by atoms with van der Waals surface area (Å²) in [5.41, 5.74) is 1.36. The lowest BCUT2D eigenvalue weighted by atomic mass is 10.2. The van der Waals surface area contributed by atoms with Crippen LogP contribution < -0.4 is 20.1 Å². The van der Waals surface area contributed by atoms with Crippen LogP contribution in [-0.4, -0.2) is 43.0 Å². The normalized spacial score (nSPS) is 14.7. The summed E-state index contributed by atoms with van der Waals surface area (Å²) in [5, 5.41) is 5.15. The molecule has 1 heterocycles. The molecule has 0 atom stereocenters. The fourth-order valence-electron chi connectivity index (χ4n) is 2.73. The van der Waals surface area contributed by atoms with E-state index < -0.39 is 24.4 Å². The number of hydrogen-bond acceptors (Lipinski definition) is 5. The predicted molar refractivity (Wildman–Crippen MR) is 107 cm³/mol. The van der Waals surface area contributed by atoms with Gasteiger partial charge in [-0.3, -0.25) is 9.59 Å². The molecular formula is C21H21N3O5. The summed E-state index contributed by atoms with van der Waals surface area (Å²) in [4.78, 5) is 37.7. The standard InChI is InChI=1S/C21H21N3O5/c1-3-29-17-10-6-15(7-11-17)22-19(25)13-24-20(26)18(23-21(24)27)12-14-4-8-16(28-2)9-5-14/h4-12H,3,13H2,1-2H3,(H,22,25)(H,23,27)/b18-12-. The van der Waals surface area contributed by atoms with Crippen molar-refractivity contribution in [1.29, 1.82) is 0 Å². The quantitative estimate of drug-likeness (QED) is 0.555. The summed E-state index contributed by atoms with van der Waals surface area (Å²) in [6.07, 6.45) is 1.55. The third kappa shape index (κ3) is 4.92. The van der Waals surface area contributed by atoms with Crippen LogP contribution in [0, 0.1) is 0 Å². The Morgan fingerprint density at radius 3 is 2.34 bits per heavy atom. The van der Waals surface area contributed by atoms with Crippen LogP contribution in [-0.2, 0) is 9.59 Å². The lowest BCUT2D eigenvalue weighted by Gasteiger charge is -2.12. The Bertz CT molecular complexity index is 936. The topological polar surface area (TPSA) is 97.0 Å². The van der Waals surface area contributed by atoms with E-state index in [1.807, 2.05) is 6.92 Å². The molecule has 0 saturated carbocycles. The third-order valence-electron chi connectivity index (χ3n) is 4.14. The minimum Gasteiger partial charge on any atom is -0.497 e. The fraction of sp³-hybridized carbons (Fsp3) is 0.190. The lowest BCUT2D eigenvalue weighted by Crippen LogP contribution is -2.38. The van der Waals surface area contributed by atoms with Crippen LogP contribution in [0.3, 0.4) is 0 Å². The maximum Gasteiger partial charge on any atom is 0.329 e. The fourth-order valence-corrected chi connectivity index (χ4v) is 2.73. The zero-order chi connectivity index (χ0) is 20.8. The Labute approximate surface area is 168 Å². The number of methoxy groups -OCH3 is 1. The number of anilines is 1. The van der Waals surface area contributed by atoms with E-state index in [1.54, 1.807) is 61.7 Å². The van der Waals surface area contributed by atoms with Crippen LogP contribution in [0.25, 0.3) is 6.08 Å². The van der Waals surface area contributed by atoms with E-state index in [0.29, 0.717) is 23.8 Å². The predicted octanol–water partition coefficient (Wildman–Crippen LogP) is 2.63. The number of benzene rings is 2. The highest BCUT2D eigenvalue weighted by atomic mass is 16.5. The first kappa shape index (κ1) is 19.9. The average Bonchev–Trinajstić information content (AvgIpc) is 2.97. The number of carbonyl (C=O) groups is 3. The van der Waals surface area contributed by atoms with Gasteiger partial charge in [0.25, 0.3) is 5.91 Å². The van der Waals surface area contributed by atoms with Gasteiger partial charge < -0.3 is 20.1 Å². The van der Waals surface area contributed by atoms with Gasteiger partial charge in [-0.1, -0.05) is 12.1 Å². The molecule has 2 aromatic rings. The molecule has 1 aliphatic rings. The molecule has 1 saturated heterocycles. The SMILES string of the molecule is CCOc1ccc(NC(=O)CN2C(=O)N/C(=C\c3ccc(OC)cc3)C2=O)cc1. The molecule has 1 aliphatic heterocycles. The van der Waals surface area contributed by atoms with Gasteiger partial charge in [-0.15, -0.1) is 0 Å². The Kier molecular flexibility index (Phi) is 6.13. The Balaban J connectivity index is 1.63. The van der Waals surface area contributed by atoms with Crippen molar-refractivity contribution in [2.45, 2.75) is 6.92 Å². The van der Waals surface area contributed by atoms with Crippen molar-refractivity contribution in [2.24, 2.45) is 0 Å². The van der Waals surface area contributed by atoms with Crippen LogP contribution in [0.2, 0.25) is 0 Å². The van der Waals surface area contributed by atoms with Gasteiger partial charge in [-0.25, -0.2) is 9.69 Å². The molecule has 0 unspecified atom stereocenters. The first-order valence-corrected chi connectivity index (χ1v) is 9.01. The van der Waals surface area contributed by atoms with Crippen molar-refractivity contribution < 1.29 is 23.9 Å². The molecule has 2 aromatic carbocycles. The molecule has 0 radical (unpaired) electrons. The summed E-state index contributed by atoms with van der Waals surface area (Å²) in [6, 6.07) is 13.2. The van der Waals surface area contributed by atoms with Crippen molar-refractivity contribution in [1.82, 2.24) is 10.2 Å². The van der Waals surface area contributed by atoms with Crippen molar-refractivity contribution in [3.63, 3.8) is 0 Å². The highest BCUT2D eigenvalue weighted by Gasteiger charge is 2.34. The smallest absolute Gasteiger partial charge is 0.329 e. The van der Waals surface area contributed by atoms with Gasteiger partial charge in [0.1, 0.15) is 23.7 Å². The maximum atomic E-state index is 12.5. The van der Waals surface area contributed by atoms with E-state index in [9.17, 15) is 14.4 Å². The van der Waals surface area contributed by atoms with Crippen molar-refractivity contribution in [3.05, 3.63) is 59.8 Å². The van der Waals surface area contributed by atoms with Crippen molar-refractivity contribution in [2.75, 3.05) is 25.6 Å². The number of nitrogens with zero attached hydrogens (tertiary/aromatic N) is 1. The van der Waals surface area contributed by atoms with E-state index in [-0.39, 0.29) is 5.70 Å². The minimum atomic E-state index is -0.642. The van der Waals surface area contributed by atoms with Gasteiger partial charge in [0, 0.05) is 5.69 Å². The number of rotatable bonds is 7. The molecule has 0 bridgehead atoms. The Morgan fingerprint density at radius 1 is 1.07 bits per heavy atom. The molecule has 0 aromatic heterocycles. The van der Waals surface area contributed by atoms with E-state index >= 15 is 0 Å². The molecule has 3 rings (SSSR count). The second-order valence-corrected chi connectivity index (χ2v) is 6.16. The maximum absolute atomic E-state index is 12.5. The molecule has 4 amide bonds. The van der Waals surface area contributed by atoms with E-state index in [2.05, 4.69) is 10.6 Å². The molecule has 29 heavy (non-hydrogen) atoms. The minimum absolute atomic E-state index is 0.106. The monoisotopic (exact) mass is 395 g/mol. The van der Waals surface area contributed by atoms with E-state index in [1.165, 1.54) is 0 Å². The molecular weight excluding hydrogens is 374 g/mol. The largest absolute Gasteiger partial charge is 0.497 e. The number of carbonyl (C=O) groups excluding carboxylic acids is 3. The second-order valence-electron chi connectivity index (χ2n) is 6.16. The molecule has 0 aliphatic carbocycles. The zero-order valence-electron chi connectivity index (χ0n) is 16.1. The van der Waals surface area contributed by atoms with Crippen LogP contribution in [0.15, 0.2) is 54.2 Å². The number of urea groups is 1. The van der Waals surface area contributed by atoms with Crippen LogP contribution in [0.5, 0.6) is 11.5 Å². The number of hydrogen-bond donors (Lipinski definition) is 2. The van der Waals surface area contributed by atoms with Crippen molar-refractivity contribution in [3.8, 4) is 11.5 Å². The highest BCUT2D eigenvalue weighted by molar-refractivity contribution is 6.15. The van der Waals surface area contributed by atoms with Gasteiger partial charge in [-0.05, 0) is 55.0 Å². The summed E-state index contributed by atoms with van der Waals surface area (Å²) >= 11 is 0. The molecule has 0 spiro atoms. The lowest BCUT2D eigenvalue weighted by molar-refractivity contribution is -0.127. The Hall–Kier alpha value is -3.81. The van der Waals surface area contributed by atoms with Crippen LogP contribution >= 0.6 is 0 Å². The summed E-state index contributed by atoms with van der Waals surface area (Å²) in [5.74, 6) is 0.324. The molecule has 1 fully saturated rings. The summed E-state index contributed by atoms with van der Waals surface area (Å²) in [6.45, 7) is 2.03. The number of amides is 4. The number of imide groups is 1. The summed E-state index contributed by atoms with van der Waals surface area (Å²) in [7, 11) is 1.56.